The molecule has 0 saturated carbocycles. The maximum absolute atomic E-state index is 13.5. The lowest BCUT2D eigenvalue weighted by Gasteiger charge is -2.30. The number of nitrogens with zero attached hydrogens (tertiary/aromatic N) is 1. The first kappa shape index (κ1) is 21.6. The summed E-state index contributed by atoms with van der Waals surface area (Å²) in [6.07, 6.45) is 0.531. The lowest BCUT2D eigenvalue weighted by Crippen LogP contribution is -2.38. The van der Waals surface area contributed by atoms with E-state index < -0.39 is 23.1 Å². The van der Waals surface area contributed by atoms with E-state index in [4.69, 9.17) is 4.74 Å². The highest BCUT2D eigenvalue weighted by Crippen LogP contribution is 2.47. The van der Waals surface area contributed by atoms with E-state index in [0.717, 1.165) is 0 Å². The van der Waals surface area contributed by atoms with Gasteiger partial charge in [0.15, 0.2) is 5.78 Å². The second kappa shape index (κ2) is 8.27. The predicted molar refractivity (Wildman–Crippen MR) is 122 cm³/mol. The van der Waals surface area contributed by atoms with Gasteiger partial charge in [0.2, 0.25) is 0 Å². The molecule has 172 valence electrons. The van der Waals surface area contributed by atoms with Crippen molar-refractivity contribution in [3.63, 3.8) is 0 Å². The van der Waals surface area contributed by atoms with Crippen molar-refractivity contribution < 1.29 is 19.4 Å². The lowest BCUT2D eigenvalue weighted by molar-refractivity contribution is -0.255. The second-order valence-electron chi connectivity index (χ2n) is 8.15. The molecule has 2 heterocycles. The summed E-state index contributed by atoms with van der Waals surface area (Å²) in [5.41, 5.74) is 1.66. The van der Waals surface area contributed by atoms with Crippen LogP contribution in [0.15, 0.2) is 63.7 Å². The number of hydrogen-bond donors (Lipinski definition) is 2. The third-order valence-electron chi connectivity index (χ3n) is 6.22. The largest absolute Gasteiger partial charge is 0.545 e. The third kappa shape index (κ3) is 3.29. The molecule has 1 unspecified atom stereocenters. The molecule has 0 radical (unpaired) electrons. The van der Waals surface area contributed by atoms with Crippen LogP contribution in [0.1, 0.15) is 49.7 Å². The molecule has 0 saturated heterocycles. The lowest BCUT2D eigenvalue weighted by atomic mass is 9.81. The van der Waals surface area contributed by atoms with E-state index in [2.05, 4.69) is 10.3 Å². The van der Waals surface area contributed by atoms with E-state index in [-0.39, 0.29) is 23.5 Å². The van der Waals surface area contributed by atoms with Crippen LogP contribution in [0.25, 0.3) is 5.70 Å². The summed E-state index contributed by atoms with van der Waals surface area (Å²) < 4.78 is 6.55. The van der Waals surface area contributed by atoms with E-state index in [1.165, 1.54) is 16.7 Å². The van der Waals surface area contributed by atoms with Gasteiger partial charge in [-0.05, 0) is 17.5 Å². The molecule has 0 bridgehead atoms. The van der Waals surface area contributed by atoms with Crippen molar-refractivity contribution in [2.75, 3.05) is 19.0 Å². The number of Topliss-reactive ketones (excluding diaryl/α,β-unsaturated/α-hetero) is 1. The fraction of sp³-hybridized carbons (Fsp3) is 0.200. The van der Waals surface area contributed by atoms with Crippen molar-refractivity contribution in [1.29, 1.82) is 0 Å². The number of fused-ring (bicyclic) bond motifs is 3. The molecule has 9 nitrogen and oxygen atoms in total. The van der Waals surface area contributed by atoms with Crippen LogP contribution in [-0.2, 0) is 11.3 Å². The van der Waals surface area contributed by atoms with Gasteiger partial charge in [-0.1, -0.05) is 48.5 Å². The Morgan fingerprint density at radius 3 is 2.44 bits per heavy atom. The Balaban J connectivity index is 1.76. The van der Waals surface area contributed by atoms with E-state index in [1.54, 1.807) is 31.4 Å². The zero-order valence-corrected chi connectivity index (χ0v) is 18.2. The average Bonchev–Trinajstić information content (AvgIpc) is 3.12. The third-order valence-corrected chi connectivity index (χ3v) is 6.22. The fourth-order valence-electron chi connectivity index (χ4n) is 4.69. The topological polar surface area (TPSA) is 133 Å². The fourth-order valence-corrected chi connectivity index (χ4v) is 4.69. The number of ether oxygens (including phenoxy) is 1. The Morgan fingerprint density at radius 1 is 1.06 bits per heavy atom. The quantitative estimate of drug-likeness (QED) is 0.529. The first-order valence-corrected chi connectivity index (χ1v) is 10.7. The van der Waals surface area contributed by atoms with Crippen LogP contribution < -0.4 is 21.7 Å². The highest BCUT2D eigenvalue weighted by molar-refractivity contribution is 6.23. The van der Waals surface area contributed by atoms with Gasteiger partial charge in [0.1, 0.15) is 5.82 Å². The minimum Gasteiger partial charge on any atom is -0.545 e. The van der Waals surface area contributed by atoms with Gasteiger partial charge in [0.25, 0.3) is 5.56 Å². The number of benzene rings is 2. The Bertz CT molecular complexity index is 1480. The molecule has 1 aromatic heterocycles. The Hall–Kier alpha value is -4.24. The van der Waals surface area contributed by atoms with Crippen LogP contribution in [0, 0.1) is 0 Å². The molecular formula is C25H20N3O6-. The van der Waals surface area contributed by atoms with Gasteiger partial charge in [-0.3, -0.25) is 19.1 Å². The molecule has 1 aliphatic carbocycles. The number of anilines is 1. The van der Waals surface area contributed by atoms with Gasteiger partial charge in [0.05, 0.1) is 17.2 Å². The summed E-state index contributed by atoms with van der Waals surface area (Å²) in [5, 5.41) is 14.5. The average molecular weight is 458 g/mol. The first-order chi connectivity index (χ1) is 16.4. The normalized spacial score (nSPS) is 16.0. The predicted octanol–water partition coefficient (Wildman–Crippen LogP) is 1.10. The number of carbonyl (C=O) groups is 2. The summed E-state index contributed by atoms with van der Waals surface area (Å²) in [6.45, 7) is 0.705. The number of aromatic carboxylic acids is 1. The van der Waals surface area contributed by atoms with Crippen molar-refractivity contribution in [1.82, 2.24) is 9.55 Å². The summed E-state index contributed by atoms with van der Waals surface area (Å²) in [4.78, 5) is 53.0. The number of allylic oxidation sites excluding steroid dienone is 1. The maximum Gasteiger partial charge on any atom is 0.329 e. The Labute approximate surface area is 193 Å². The van der Waals surface area contributed by atoms with E-state index in [1.807, 2.05) is 12.1 Å². The van der Waals surface area contributed by atoms with Crippen LogP contribution in [-0.4, -0.2) is 35.0 Å². The Kier molecular flexibility index (Phi) is 5.25. The molecule has 2 N–H and O–H groups in total. The summed E-state index contributed by atoms with van der Waals surface area (Å²) in [6, 6.07) is 13.0. The van der Waals surface area contributed by atoms with Crippen LogP contribution >= 0.6 is 0 Å². The maximum atomic E-state index is 13.5. The molecule has 1 atom stereocenters. The first-order valence-electron chi connectivity index (χ1n) is 10.7. The number of methoxy groups -OCH3 is 1. The minimum atomic E-state index is -1.33. The number of carboxylic acids is 1. The molecule has 2 aromatic carbocycles. The van der Waals surface area contributed by atoms with Gasteiger partial charge in [-0.15, -0.1) is 0 Å². The molecule has 0 fully saturated rings. The number of nitrogens with one attached hydrogen (secondary N) is 2. The zero-order valence-electron chi connectivity index (χ0n) is 18.2. The highest BCUT2D eigenvalue weighted by atomic mass is 16.5. The number of carbonyl (C=O) groups excluding carboxylic acids is 2. The molecule has 9 heteroatoms. The Morgan fingerprint density at radius 2 is 1.76 bits per heavy atom. The van der Waals surface area contributed by atoms with Crippen LogP contribution in [0.3, 0.4) is 0 Å². The van der Waals surface area contributed by atoms with Gasteiger partial charge in [0, 0.05) is 42.9 Å². The smallest absolute Gasteiger partial charge is 0.329 e. The zero-order chi connectivity index (χ0) is 24.0. The number of ketones is 1. The van der Waals surface area contributed by atoms with Crippen molar-refractivity contribution in [2.45, 2.75) is 18.9 Å². The van der Waals surface area contributed by atoms with Crippen LogP contribution in [0.5, 0.6) is 0 Å². The molecule has 3 aromatic rings. The second-order valence-corrected chi connectivity index (χ2v) is 8.15. The SMILES string of the molecule is COCCCn1c2c(c(=O)[nH]c1=O)C(c1ccc(C(=O)[O-])cc1)C1=C(N2)c2ccccc2C1=O. The van der Waals surface area contributed by atoms with Gasteiger partial charge in [-0.2, -0.15) is 0 Å². The molecule has 1 aliphatic heterocycles. The van der Waals surface area contributed by atoms with E-state index >= 15 is 0 Å². The number of aromatic amines is 1. The summed E-state index contributed by atoms with van der Waals surface area (Å²) >= 11 is 0. The molecule has 0 spiro atoms. The van der Waals surface area contributed by atoms with Gasteiger partial charge in [-0.25, -0.2) is 4.79 Å². The number of rotatable bonds is 6. The monoisotopic (exact) mass is 458 g/mol. The van der Waals surface area contributed by atoms with Crippen molar-refractivity contribution in [2.24, 2.45) is 0 Å². The standard InChI is InChI=1S/C25H21N3O6/c1-34-12-4-11-28-22-19(23(30)27-25(28)33)17(13-7-9-14(10-8-13)24(31)32)18-20(26-22)15-5-2-3-6-16(15)21(18)29/h2-3,5-10,17,26H,4,11-12H2,1H3,(H,31,32)(H,27,30,33)/p-1. The summed E-state index contributed by atoms with van der Waals surface area (Å²) in [5.74, 6) is -2.05. The highest BCUT2D eigenvalue weighted by Gasteiger charge is 2.42. The van der Waals surface area contributed by atoms with Crippen molar-refractivity contribution in [3.8, 4) is 0 Å². The minimum absolute atomic E-state index is 0.0217. The molecular weight excluding hydrogens is 438 g/mol. The van der Waals surface area contributed by atoms with Gasteiger partial charge >= 0.3 is 5.69 Å². The van der Waals surface area contributed by atoms with Crippen molar-refractivity contribution in [3.05, 3.63) is 103 Å². The number of aromatic nitrogens is 2. The van der Waals surface area contributed by atoms with Crippen LogP contribution in [0.2, 0.25) is 0 Å². The number of H-pyrrole nitrogens is 1. The molecule has 2 aliphatic rings. The van der Waals surface area contributed by atoms with Crippen molar-refractivity contribution >= 4 is 23.3 Å². The van der Waals surface area contributed by atoms with E-state index in [9.17, 15) is 24.3 Å². The molecule has 5 rings (SSSR count). The molecule has 0 amide bonds. The number of hydrogen-bond acceptors (Lipinski definition) is 7. The van der Waals surface area contributed by atoms with Gasteiger partial charge < -0.3 is 20.0 Å². The molecule has 34 heavy (non-hydrogen) atoms. The van der Waals surface area contributed by atoms with Crippen LogP contribution in [0.4, 0.5) is 5.82 Å². The summed E-state index contributed by atoms with van der Waals surface area (Å²) in [7, 11) is 1.56. The van der Waals surface area contributed by atoms with E-state index in [0.29, 0.717) is 46.8 Å². The number of carboxylic acid groups (broad SMARTS) is 1.